The van der Waals surface area contributed by atoms with Crippen molar-refractivity contribution in [3.63, 3.8) is 0 Å². The SMILES string of the molecule is Cc1cccc(N[N+]#N)c1.[Cl-]. The van der Waals surface area contributed by atoms with E-state index in [-0.39, 0.29) is 12.4 Å². The van der Waals surface area contributed by atoms with Gasteiger partial charge >= 0.3 is 5.08 Å². The minimum atomic E-state index is 0. The molecular weight excluding hydrogens is 162 g/mol. The number of hydrogen-bond acceptors (Lipinski definition) is 2. The maximum atomic E-state index is 8.12. The van der Waals surface area contributed by atoms with Crippen molar-refractivity contribution in [1.82, 2.24) is 0 Å². The van der Waals surface area contributed by atoms with Gasteiger partial charge in [0.1, 0.15) is 5.69 Å². The molecule has 3 nitrogen and oxygen atoms in total. The fraction of sp³-hybridized carbons (Fsp3) is 0.143. The van der Waals surface area contributed by atoms with Crippen LogP contribution in [0.5, 0.6) is 0 Å². The van der Waals surface area contributed by atoms with Crippen molar-refractivity contribution in [2.45, 2.75) is 6.92 Å². The average molecular weight is 170 g/mol. The number of diazo groups is 1. The van der Waals surface area contributed by atoms with Gasteiger partial charge in [0.2, 0.25) is 0 Å². The monoisotopic (exact) mass is 169 g/mol. The van der Waals surface area contributed by atoms with Crippen molar-refractivity contribution >= 4 is 5.69 Å². The zero-order valence-corrected chi connectivity index (χ0v) is 6.84. The first-order valence-electron chi connectivity index (χ1n) is 2.99. The molecule has 0 saturated heterocycles. The number of rotatable bonds is 1. The fourth-order valence-electron chi connectivity index (χ4n) is 0.772. The predicted molar refractivity (Wildman–Crippen MR) is 39.9 cm³/mol. The molecule has 1 aromatic carbocycles. The molecular formula is C7H8ClN3. The van der Waals surface area contributed by atoms with Crippen LogP contribution in [0, 0.1) is 12.3 Å². The van der Waals surface area contributed by atoms with Crippen molar-refractivity contribution in [3.05, 3.63) is 34.9 Å². The van der Waals surface area contributed by atoms with Crippen LogP contribution in [0.3, 0.4) is 0 Å². The van der Waals surface area contributed by atoms with Crippen LogP contribution >= 0.6 is 0 Å². The zero-order chi connectivity index (χ0) is 7.40. The molecule has 0 heterocycles. The second kappa shape index (κ2) is 4.53. The second-order valence-corrected chi connectivity index (χ2v) is 2.08. The van der Waals surface area contributed by atoms with Crippen molar-refractivity contribution in [3.8, 4) is 0 Å². The molecule has 0 atom stereocenters. The van der Waals surface area contributed by atoms with Gasteiger partial charge in [0, 0.05) is 0 Å². The lowest BCUT2D eigenvalue weighted by atomic mass is 10.2. The van der Waals surface area contributed by atoms with Crippen LogP contribution in [-0.2, 0) is 0 Å². The number of anilines is 1. The van der Waals surface area contributed by atoms with E-state index in [1.807, 2.05) is 31.2 Å². The molecule has 0 saturated carbocycles. The van der Waals surface area contributed by atoms with Gasteiger partial charge in [-0.05, 0) is 30.0 Å². The zero-order valence-electron chi connectivity index (χ0n) is 6.08. The summed E-state index contributed by atoms with van der Waals surface area (Å²) in [5, 5.41) is 10.9. The summed E-state index contributed by atoms with van der Waals surface area (Å²) in [5.41, 5.74) is 4.36. The van der Waals surface area contributed by atoms with E-state index in [9.17, 15) is 0 Å². The fourth-order valence-corrected chi connectivity index (χ4v) is 0.772. The van der Waals surface area contributed by atoms with Crippen molar-refractivity contribution in [1.29, 1.82) is 5.39 Å². The number of halogens is 1. The molecule has 0 aliphatic rings. The predicted octanol–water partition coefficient (Wildman–Crippen LogP) is -0.821. The Hall–Kier alpha value is -1.27. The highest BCUT2D eigenvalue weighted by atomic mass is 35.5. The van der Waals surface area contributed by atoms with Gasteiger partial charge in [0.05, 0.1) is 0 Å². The van der Waals surface area contributed by atoms with Gasteiger partial charge in [-0.2, -0.15) is 0 Å². The van der Waals surface area contributed by atoms with Crippen molar-refractivity contribution in [2.24, 2.45) is 0 Å². The lowest BCUT2D eigenvalue weighted by Crippen LogP contribution is -3.00. The van der Waals surface area contributed by atoms with Gasteiger partial charge in [-0.1, -0.05) is 12.1 Å². The van der Waals surface area contributed by atoms with Crippen LogP contribution in [0.25, 0.3) is 5.08 Å². The Kier molecular flexibility index (Phi) is 4.01. The summed E-state index contributed by atoms with van der Waals surface area (Å²) in [6.45, 7) is 1.97. The largest absolute Gasteiger partial charge is 1.00 e. The Morgan fingerprint density at radius 1 is 1.45 bits per heavy atom. The Morgan fingerprint density at radius 3 is 2.73 bits per heavy atom. The van der Waals surface area contributed by atoms with E-state index >= 15 is 0 Å². The normalized spacial score (nSPS) is 7.64. The number of nitrogens with zero attached hydrogens (tertiary/aromatic N) is 2. The molecule has 0 aromatic heterocycles. The summed E-state index contributed by atoms with van der Waals surface area (Å²) in [4.78, 5) is 0. The molecule has 0 spiro atoms. The van der Waals surface area contributed by atoms with Gasteiger partial charge in [-0.3, -0.25) is 0 Å². The molecule has 0 unspecified atom stereocenters. The molecule has 0 amide bonds. The van der Waals surface area contributed by atoms with Crippen LogP contribution in [0.2, 0.25) is 0 Å². The second-order valence-electron chi connectivity index (χ2n) is 2.08. The molecule has 0 aliphatic heterocycles. The summed E-state index contributed by atoms with van der Waals surface area (Å²) in [5.74, 6) is 0. The third-order valence-corrected chi connectivity index (χ3v) is 1.20. The lowest BCUT2D eigenvalue weighted by molar-refractivity contribution is -0.00000237. The summed E-state index contributed by atoms with van der Waals surface area (Å²) in [6, 6.07) is 7.58. The molecule has 0 aliphatic carbocycles. The van der Waals surface area contributed by atoms with Crippen LogP contribution < -0.4 is 17.8 Å². The summed E-state index contributed by atoms with van der Waals surface area (Å²) < 4.78 is 0. The first kappa shape index (κ1) is 9.73. The first-order chi connectivity index (χ1) is 4.83. The number of nitrogens with one attached hydrogen (secondary N) is 1. The van der Waals surface area contributed by atoms with Gasteiger partial charge in [0.15, 0.2) is 0 Å². The summed E-state index contributed by atoms with van der Waals surface area (Å²) in [7, 11) is 0. The minimum Gasteiger partial charge on any atom is -1.00 e. The maximum absolute atomic E-state index is 8.12. The topological polar surface area (TPSA) is 40.2 Å². The van der Waals surface area contributed by atoms with E-state index in [2.05, 4.69) is 10.5 Å². The van der Waals surface area contributed by atoms with E-state index in [1.54, 1.807) is 0 Å². The molecule has 0 fully saturated rings. The summed E-state index contributed by atoms with van der Waals surface area (Å²) >= 11 is 0. The van der Waals surface area contributed by atoms with Crippen LogP contribution in [-0.4, -0.2) is 0 Å². The Morgan fingerprint density at radius 2 is 2.18 bits per heavy atom. The molecule has 1 rings (SSSR count). The molecule has 0 radical (unpaired) electrons. The molecule has 1 aromatic rings. The highest BCUT2D eigenvalue weighted by Gasteiger charge is 1.94. The minimum absolute atomic E-state index is 0. The molecule has 11 heavy (non-hydrogen) atoms. The Labute approximate surface area is 71.4 Å². The Balaban J connectivity index is 0.000001000. The van der Waals surface area contributed by atoms with Gasteiger partial charge in [-0.15, -0.1) is 0 Å². The van der Waals surface area contributed by atoms with Crippen molar-refractivity contribution < 1.29 is 12.4 Å². The highest BCUT2D eigenvalue weighted by molar-refractivity contribution is 5.45. The quantitative estimate of drug-likeness (QED) is 0.441. The van der Waals surface area contributed by atoms with Gasteiger partial charge < -0.3 is 12.4 Å². The van der Waals surface area contributed by atoms with E-state index in [4.69, 9.17) is 5.39 Å². The number of aryl methyl sites for hydroxylation is 1. The molecule has 4 heteroatoms. The van der Waals surface area contributed by atoms with Crippen molar-refractivity contribution in [2.75, 3.05) is 5.43 Å². The third-order valence-electron chi connectivity index (χ3n) is 1.20. The number of hydrogen-bond donors (Lipinski definition) is 1. The average Bonchev–Trinajstić information content (AvgIpc) is 1.88. The van der Waals surface area contributed by atoms with Gasteiger partial charge in [-0.25, -0.2) is 0 Å². The maximum Gasteiger partial charge on any atom is 0.308 e. The number of benzene rings is 1. The Bertz CT molecular complexity index is 267. The smallest absolute Gasteiger partial charge is 0.308 e. The highest BCUT2D eigenvalue weighted by Crippen LogP contribution is 2.08. The molecule has 58 valence electrons. The van der Waals surface area contributed by atoms with E-state index < -0.39 is 0 Å². The lowest BCUT2D eigenvalue weighted by Gasteiger charge is -1.90. The molecule has 0 bridgehead atoms. The van der Waals surface area contributed by atoms with E-state index in [0.717, 1.165) is 11.3 Å². The first-order valence-corrected chi connectivity index (χ1v) is 2.99. The third kappa shape index (κ3) is 2.87. The van der Waals surface area contributed by atoms with Gasteiger partial charge in [0.25, 0.3) is 5.39 Å². The van der Waals surface area contributed by atoms with Crippen LogP contribution in [0.1, 0.15) is 5.56 Å². The van der Waals surface area contributed by atoms with Crippen LogP contribution in [0.4, 0.5) is 5.69 Å². The van der Waals surface area contributed by atoms with E-state index in [0.29, 0.717) is 0 Å². The molecule has 1 N–H and O–H groups in total. The summed E-state index contributed by atoms with van der Waals surface area (Å²) in [6.07, 6.45) is 0. The van der Waals surface area contributed by atoms with E-state index in [1.165, 1.54) is 0 Å². The standard InChI is InChI=1S/C7H8N3.ClH/c1-6-3-2-4-7(5-6)9-10-8;/h2-5,9H,1H3;1H/q+1;/p-1. The van der Waals surface area contributed by atoms with Crippen LogP contribution in [0.15, 0.2) is 24.3 Å².